The molecule has 3 heterocycles. The fourth-order valence-corrected chi connectivity index (χ4v) is 3.45. The lowest BCUT2D eigenvalue weighted by atomic mass is 10.1. The van der Waals surface area contributed by atoms with Crippen molar-refractivity contribution >= 4 is 28.1 Å². The number of aromatic amines is 1. The van der Waals surface area contributed by atoms with Crippen molar-refractivity contribution in [2.75, 3.05) is 0 Å². The molecule has 0 fully saturated rings. The van der Waals surface area contributed by atoms with Crippen molar-refractivity contribution in [2.24, 2.45) is 5.16 Å². The number of thiophene rings is 1. The molecule has 4 rings (SSSR count). The van der Waals surface area contributed by atoms with Crippen LogP contribution in [0.5, 0.6) is 6.01 Å². The summed E-state index contributed by atoms with van der Waals surface area (Å²) in [5.74, 6) is 0. The second-order valence-electron chi connectivity index (χ2n) is 5.90. The highest BCUT2D eigenvalue weighted by Crippen LogP contribution is 2.16. The van der Waals surface area contributed by atoms with E-state index < -0.39 is 11.2 Å². The molecule has 1 aromatic carbocycles. The van der Waals surface area contributed by atoms with Crippen molar-refractivity contribution in [1.29, 1.82) is 0 Å². The third-order valence-electron chi connectivity index (χ3n) is 4.12. The van der Waals surface area contributed by atoms with Gasteiger partial charge in [0.15, 0.2) is 0 Å². The molecule has 0 aliphatic rings. The number of H-pyrrole nitrogens is 1. The maximum absolute atomic E-state index is 12.4. The lowest BCUT2D eigenvalue weighted by Gasteiger charge is -2.06. The number of hydrogen-bond acceptors (Lipinski definition) is 7. The van der Waals surface area contributed by atoms with E-state index in [0.29, 0.717) is 17.7 Å². The van der Waals surface area contributed by atoms with Gasteiger partial charge in [0.1, 0.15) is 11.1 Å². The third kappa shape index (κ3) is 3.49. The number of fused-ring (bicyclic) bond motifs is 1. The Morgan fingerprint density at radius 3 is 2.75 bits per heavy atom. The van der Waals surface area contributed by atoms with Gasteiger partial charge >= 0.3 is 11.6 Å². The lowest BCUT2D eigenvalue weighted by Crippen LogP contribution is -2.15. The van der Waals surface area contributed by atoms with Crippen molar-refractivity contribution in [3.8, 4) is 6.01 Å². The molecule has 1 N–H and O–H groups in total. The van der Waals surface area contributed by atoms with E-state index in [4.69, 9.17) is 9.25 Å². The summed E-state index contributed by atoms with van der Waals surface area (Å²) in [4.78, 5) is 36.2. The Morgan fingerprint density at radius 1 is 1.21 bits per heavy atom. The lowest BCUT2D eigenvalue weighted by molar-refractivity contribution is 0.311. The summed E-state index contributed by atoms with van der Waals surface area (Å²) in [6, 6.07) is 12.6. The van der Waals surface area contributed by atoms with Crippen molar-refractivity contribution in [2.45, 2.75) is 13.3 Å². The summed E-state index contributed by atoms with van der Waals surface area (Å²) in [5.41, 5.74) is 1.79. The van der Waals surface area contributed by atoms with Gasteiger partial charge in [0, 0.05) is 22.6 Å². The van der Waals surface area contributed by atoms with E-state index in [1.165, 1.54) is 17.4 Å². The van der Waals surface area contributed by atoms with Crippen molar-refractivity contribution in [3.05, 3.63) is 90.7 Å². The number of nitrogens with one attached hydrogen (secondary N) is 1. The van der Waals surface area contributed by atoms with Crippen LogP contribution in [-0.2, 0) is 6.42 Å². The predicted molar refractivity (Wildman–Crippen MR) is 107 cm³/mol. The average Bonchev–Trinajstić information content (AvgIpc) is 3.22. The Morgan fingerprint density at radius 2 is 2.04 bits per heavy atom. The highest BCUT2D eigenvalue weighted by atomic mass is 32.1. The fraction of sp³-hybridized carbons (Fsp3) is 0.100. The number of rotatable bonds is 5. The Bertz CT molecular complexity index is 1260. The number of hydrogen-bond donors (Lipinski definition) is 1. The van der Waals surface area contributed by atoms with E-state index >= 15 is 0 Å². The molecule has 0 unspecified atom stereocenters. The maximum atomic E-state index is 12.4. The van der Waals surface area contributed by atoms with Gasteiger partial charge in [-0.15, -0.1) is 0 Å². The van der Waals surface area contributed by atoms with Gasteiger partial charge in [0.2, 0.25) is 5.71 Å². The SMILES string of the molecule is CCc1cc(=O)oc2nc(O/N=C(\c3ccccc3)c3ccsc3)[nH]c(=O)c12. The summed E-state index contributed by atoms with van der Waals surface area (Å²) < 4.78 is 5.08. The van der Waals surface area contributed by atoms with Crippen LogP contribution in [0.2, 0.25) is 0 Å². The number of aromatic nitrogens is 2. The van der Waals surface area contributed by atoms with E-state index in [1.807, 2.05) is 54.1 Å². The fourth-order valence-electron chi connectivity index (χ4n) is 2.81. The predicted octanol–water partition coefficient (Wildman–Crippen LogP) is 3.33. The van der Waals surface area contributed by atoms with Crippen LogP contribution in [-0.4, -0.2) is 15.7 Å². The summed E-state index contributed by atoms with van der Waals surface area (Å²) >= 11 is 1.53. The van der Waals surface area contributed by atoms with E-state index in [1.54, 1.807) is 0 Å². The number of oxime groups is 1. The minimum absolute atomic E-state index is 0.0740. The van der Waals surface area contributed by atoms with E-state index in [9.17, 15) is 9.59 Å². The van der Waals surface area contributed by atoms with Gasteiger partial charge in [-0.25, -0.2) is 4.79 Å². The molecule has 7 nitrogen and oxygen atoms in total. The van der Waals surface area contributed by atoms with Gasteiger partial charge in [-0.1, -0.05) is 42.4 Å². The van der Waals surface area contributed by atoms with Gasteiger partial charge in [0.05, 0.1) is 0 Å². The highest BCUT2D eigenvalue weighted by Gasteiger charge is 2.14. The molecule has 0 aliphatic heterocycles. The molecule has 0 saturated carbocycles. The minimum Gasteiger partial charge on any atom is -0.403 e. The molecule has 3 aromatic heterocycles. The van der Waals surface area contributed by atoms with Gasteiger partial charge < -0.3 is 9.25 Å². The van der Waals surface area contributed by atoms with E-state index in [2.05, 4.69) is 15.1 Å². The molecule has 4 aromatic rings. The zero-order valence-electron chi connectivity index (χ0n) is 14.8. The molecule has 0 bridgehead atoms. The topological polar surface area (TPSA) is 97.5 Å². The summed E-state index contributed by atoms with van der Waals surface area (Å²) in [6.07, 6.45) is 0.502. The zero-order valence-corrected chi connectivity index (χ0v) is 15.7. The Kier molecular flexibility index (Phi) is 4.86. The molecule has 140 valence electrons. The summed E-state index contributed by atoms with van der Waals surface area (Å²) in [6.45, 7) is 1.84. The van der Waals surface area contributed by atoms with Gasteiger partial charge in [-0.3, -0.25) is 9.78 Å². The Hall–Kier alpha value is -3.52. The first-order valence-corrected chi connectivity index (χ1v) is 9.50. The maximum Gasteiger partial charge on any atom is 0.337 e. The van der Waals surface area contributed by atoms with Gasteiger partial charge in [-0.05, 0) is 23.4 Å². The van der Waals surface area contributed by atoms with Crippen LogP contribution in [0.1, 0.15) is 23.6 Å². The molecule has 0 amide bonds. The van der Waals surface area contributed by atoms with E-state index in [-0.39, 0.29) is 17.1 Å². The number of benzene rings is 1. The molecular weight excluding hydrogens is 378 g/mol. The quantitative estimate of drug-likeness (QED) is 0.414. The van der Waals surface area contributed by atoms with Crippen LogP contribution in [0.3, 0.4) is 0 Å². The summed E-state index contributed by atoms with van der Waals surface area (Å²) in [5, 5.41) is 8.30. The molecular formula is C20H15N3O4S. The second-order valence-corrected chi connectivity index (χ2v) is 6.68. The van der Waals surface area contributed by atoms with Crippen molar-refractivity contribution in [1.82, 2.24) is 9.97 Å². The van der Waals surface area contributed by atoms with E-state index in [0.717, 1.165) is 11.1 Å². The first kappa shape index (κ1) is 17.9. The van der Waals surface area contributed by atoms with Crippen molar-refractivity contribution in [3.63, 3.8) is 0 Å². The molecule has 0 spiro atoms. The first-order valence-electron chi connectivity index (χ1n) is 8.55. The standard InChI is InChI=1S/C20H15N3O4S/c1-2-12-10-15(24)26-19-16(12)18(25)21-20(22-19)27-23-17(14-8-9-28-11-14)13-6-4-3-5-7-13/h3-11H,2H2,1H3,(H,21,22,25)/b23-17+. The minimum atomic E-state index is -0.569. The zero-order chi connectivity index (χ0) is 19.5. The normalized spacial score (nSPS) is 11.7. The average molecular weight is 393 g/mol. The van der Waals surface area contributed by atoms with Crippen LogP contribution >= 0.6 is 11.3 Å². The molecule has 28 heavy (non-hydrogen) atoms. The van der Waals surface area contributed by atoms with Crippen LogP contribution in [0.15, 0.2) is 72.4 Å². The van der Waals surface area contributed by atoms with Crippen LogP contribution < -0.4 is 16.0 Å². The van der Waals surface area contributed by atoms with Gasteiger partial charge in [-0.2, -0.15) is 16.3 Å². The Balaban J connectivity index is 1.78. The third-order valence-corrected chi connectivity index (χ3v) is 4.80. The monoisotopic (exact) mass is 393 g/mol. The largest absolute Gasteiger partial charge is 0.403 e. The van der Waals surface area contributed by atoms with Crippen LogP contribution in [0.4, 0.5) is 0 Å². The molecule has 0 saturated heterocycles. The Labute approximate surface area is 162 Å². The summed E-state index contributed by atoms with van der Waals surface area (Å²) in [7, 11) is 0. The molecule has 0 radical (unpaired) electrons. The van der Waals surface area contributed by atoms with Crippen LogP contribution in [0, 0.1) is 0 Å². The molecule has 0 atom stereocenters. The highest BCUT2D eigenvalue weighted by molar-refractivity contribution is 7.08. The molecule has 8 heteroatoms. The smallest absolute Gasteiger partial charge is 0.337 e. The first-order chi connectivity index (χ1) is 13.7. The van der Waals surface area contributed by atoms with Gasteiger partial charge in [0.25, 0.3) is 5.56 Å². The number of nitrogens with zero attached hydrogens (tertiary/aromatic N) is 2. The van der Waals surface area contributed by atoms with Crippen LogP contribution in [0.25, 0.3) is 11.1 Å². The van der Waals surface area contributed by atoms with Crippen molar-refractivity contribution < 1.29 is 9.25 Å². The second kappa shape index (κ2) is 7.61. The molecule has 0 aliphatic carbocycles. The number of aryl methyl sites for hydroxylation is 1.